The van der Waals surface area contributed by atoms with E-state index in [0.717, 1.165) is 0 Å². The molecule has 5 atom stereocenters. The maximum Gasteiger partial charge on any atom is 0.351 e. The van der Waals surface area contributed by atoms with Crippen LogP contribution < -0.4 is 11.0 Å². The summed E-state index contributed by atoms with van der Waals surface area (Å²) in [4.78, 5) is 30.3. The summed E-state index contributed by atoms with van der Waals surface area (Å²) < 4.78 is 34.3. The minimum atomic E-state index is -1.60. The minimum absolute atomic E-state index is 0.104. The van der Waals surface area contributed by atoms with Crippen LogP contribution in [-0.2, 0) is 23.3 Å². The van der Waals surface area contributed by atoms with Crippen LogP contribution in [-0.4, -0.2) is 77.5 Å². The van der Waals surface area contributed by atoms with E-state index in [0.29, 0.717) is 24.2 Å². The van der Waals surface area contributed by atoms with Crippen LogP contribution >= 0.6 is 8.53 Å². The summed E-state index contributed by atoms with van der Waals surface area (Å²) in [6.07, 6.45) is -0.140. The molecule has 2 unspecified atom stereocenters. The highest BCUT2D eigenvalue weighted by atomic mass is 31.2. The molecule has 3 rings (SSSR count). The molecular weight excluding hydrogens is 573 g/mol. The van der Waals surface area contributed by atoms with Crippen molar-refractivity contribution in [3.8, 4) is 6.07 Å². The first-order valence-electron chi connectivity index (χ1n) is 14.6. The lowest BCUT2D eigenvalue weighted by atomic mass is 10.1. The lowest BCUT2D eigenvalue weighted by molar-refractivity contribution is -0.0785. The van der Waals surface area contributed by atoms with E-state index >= 15 is 0 Å². The van der Waals surface area contributed by atoms with Gasteiger partial charge in [0.15, 0.2) is 6.23 Å². The number of nitriles is 1. The van der Waals surface area contributed by atoms with Gasteiger partial charge in [0.1, 0.15) is 18.0 Å². The fourth-order valence-electron chi connectivity index (χ4n) is 4.88. The summed E-state index contributed by atoms with van der Waals surface area (Å²) in [5.41, 5.74) is 0.427. The third kappa shape index (κ3) is 9.13. The van der Waals surface area contributed by atoms with Crippen molar-refractivity contribution in [2.75, 3.05) is 32.2 Å². The smallest absolute Gasteiger partial charge is 0.351 e. The molecule has 0 radical (unpaired) electrons. The standard InChI is InChI=1S/C30H44N5O7P/c1-8-24-25(42-43(40-16-12-15-31)35(20(2)3)21(4)5)26(39-18-17-38-7)29(41-24)34-19-22(6)27(33-30(34)37)32-28(36)23-13-10-9-11-14-23/h9-11,13-14,19-21,24-26,29H,8,12,16-18H2,1-7H3,(H,32,33,36,37)/t24-,25+,26?,29-,43?/m1/s1. The topological polar surface area (TPSA) is 137 Å². The largest absolute Gasteiger partial charge is 0.382 e. The van der Waals surface area contributed by atoms with Gasteiger partial charge in [-0.15, -0.1) is 0 Å². The van der Waals surface area contributed by atoms with Gasteiger partial charge in [-0.2, -0.15) is 10.2 Å². The number of ether oxygens (including phenoxy) is 3. The van der Waals surface area contributed by atoms with Crippen LogP contribution in [0.2, 0.25) is 0 Å². The maximum absolute atomic E-state index is 13.4. The Morgan fingerprint density at radius 3 is 2.47 bits per heavy atom. The van der Waals surface area contributed by atoms with Crippen molar-refractivity contribution in [1.29, 1.82) is 5.26 Å². The van der Waals surface area contributed by atoms with Gasteiger partial charge in [-0.05, 0) is 53.2 Å². The van der Waals surface area contributed by atoms with Crippen LogP contribution in [0.3, 0.4) is 0 Å². The van der Waals surface area contributed by atoms with Crippen LogP contribution in [0.5, 0.6) is 0 Å². The fraction of sp³-hybridized carbons (Fsp3) is 0.600. The van der Waals surface area contributed by atoms with E-state index in [1.807, 2.05) is 13.0 Å². The van der Waals surface area contributed by atoms with Crippen LogP contribution in [0.15, 0.2) is 41.3 Å². The Bertz CT molecular complexity index is 1260. The first kappa shape index (κ1) is 34.7. The van der Waals surface area contributed by atoms with Gasteiger partial charge in [0.2, 0.25) is 0 Å². The fourth-order valence-corrected chi connectivity index (χ4v) is 6.64. The second-order valence-electron chi connectivity index (χ2n) is 10.7. The van der Waals surface area contributed by atoms with Gasteiger partial charge < -0.3 is 28.6 Å². The highest BCUT2D eigenvalue weighted by Gasteiger charge is 2.49. The number of rotatable bonds is 16. The zero-order valence-electron chi connectivity index (χ0n) is 26.1. The van der Waals surface area contributed by atoms with E-state index in [1.165, 1.54) is 4.57 Å². The zero-order chi connectivity index (χ0) is 31.5. The number of anilines is 1. The van der Waals surface area contributed by atoms with Crippen molar-refractivity contribution in [2.45, 2.75) is 91.0 Å². The van der Waals surface area contributed by atoms with Crippen LogP contribution in [0.1, 0.15) is 69.6 Å². The second-order valence-corrected chi connectivity index (χ2v) is 12.1. The van der Waals surface area contributed by atoms with E-state index in [1.54, 1.807) is 44.5 Å². The number of hydrogen-bond donors (Lipinski definition) is 1. The molecule has 1 fully saturated rings. The number of carbonyl (C=O) groups is 1. The van der Waals surface area contributed by atoms with Crippen LogP contribution in [0.4, 0.5) is 5.82 Å². The molecule has 1 amide bonds. The van der Waals surface area contributed by atoms with E-state index in [2.05, 4.69) is 48.7 Å². The number of nitrogens with one attached hydrogen (secondary N) is 1. The maximum atomic E-state index is 13.4. The number of aryl methyl sites for hydroxylation is 1. The normalized spacial score (nSPS) is 21.0. The molecule has 1 aromatic heterocycles. The molecule has 1 aliphatic heterocycles. The van der Waals surface area contributed by atoms with Crippen LogP contribution in [0, 0.1) is 18.3 Å². The summed E-state index contributed by atoms with van der Waals surface area (Å²) in [6, 6.07) is 11.0. The van der Waals surface area contributed by atoms with Crippen molar-refractivity contribution in [3.05, 3.63) is 58.1 Å². The molecule has 13 heteroatoms. The Labute approximate surface area is 255 Å². The number of hydrogen-bond acceptors (Lipinski definition) is 10. The van der Waals surface area contributed by atoms with Gasteiger partial charge in [0, 0.05) is 36.5 Å². The lowest BCUT2D eigenvalue weighted by Gasteiger charge is -2.38. The molecular formula is C30H44N5O7P. The first-order valence-corrected chi connectivity index (χ1v) is 15.7. The van der Waals surface area contributed by atoms with Gasteiger partial charge >= 0.3 is 5.69 Å². The minimum Gasteiger partial charge on any atom is -0.382 e. The Balaban J connectivity index is 1.95. The highest BCUT2D eigenvalue weighted by Crippen LogP contribution is 2.50. The Hall–Kier alpha value is -2.75. The molecule has 2 aromatic rings. The van der Waals surface area contributed by atoms with Gasteiger partial charge in [0.25, 0.3) is 14.4 Å². The van der Waals surface area contributed by atoms with E-state index in [9.17, 15) is 9.59 Å². The number of nitrogens with zero attached hydrogens (tertiary/aromatic N) is 4. The molecule has 1 aromatic carbocycles. The predicted molar refractivity (Wildman–Crippen MR) is 164 cm³/mol. The molecule has 43 heavy (non-hydrogen) atoms. The number of amides is 1. The average molecular weight is 618 g/mol. The molecule has 12 nitrogen and oxygen atoms in total. The Morgan fingerprint density at radius 1 is 1.16 bits per heavy atom. The number of aromatic nitrogens is 2. The predicted octanol–water partition coefficient (Wildman–Crippen LogP) is 4.80. The molecule has 2 heterocycles. The molecule has 1 saturated heterocycles. The third-order valence-electron chi connectivity index (χ3n) is 6.84. The molecule has 236 valence electrons. The zero-order valence-corrected chi connectivity index (χ0v) is 27.0. The summed E-state index contributed by atoms with van der Waals surface area (Å²) in [7, 11) is -0.0181. The number of benzene rings is 1. The monoisotopic (exact) mass is 617 g/mol. The molecule has 0 spiro atoms. The molecule has 0 bridgehead atoms. The molecule has 0 saturated carbocycles. The Kier molecular flexibility index (Phi) is 13.7. The average Bonchev–Trinajstić information content (AvgIpc) is 3.31. The third-order valence-corrected chi connectivity index (χ3v) is 8.96. The number of carbonyl (C=O) groups excluding carboxylic acids is 1. The summed E-state index contributed by atoms with van der Waals surface area (Å²) in [5.74, 6) is -0.195. The highest BCUT2D eigenvalue weighted by molar-refractivity contribution is 7.44. The van der Waals surface area contributed by atoms with E-state index in [4.69, 9.17) is 28.5 Å². The summed E-state index contributed by atoms with van der Waals surface area (Å²) in [6.45, 7) is 12.8. The van der Waals surface area contributed by atoms with Crippen molar-refractivity contribution < 1.29 is 28.1 Å². The number of methoxy groups -OCH3 is 1. The quantitative estimate of drug-likeness (QED) is 0.206. The van der Waals surface area contributed by atoms with Crippen molar-refractivity contribution in [3.63, 3.8) is 0 Å². The van der Waals surface area contributed by atoms with Crippen molar-refractivity contribution >= 4 is 20.3 Å². The lowest BCUT2D eigenvalue weighted by Crippen LogP contribution is -2.41. The van der Waals surface area contributed by atoms with Crippen LogP contribution in [0.25, 0.3) is 0 Å². The molecule has 1 N–H and O–H groups in total. The van der Waals surface area contributed by atoms with E-state index in [-0.39, 0.29) is 43.4 Å². The summed E-state index contributed by atoms with van der Waals surface area (Å²) in [5, 5.41) is 11.8. The van der Waals surface area contributed by atoms with Gasteiger partial charge in [0.05, 0.1) is 38.4 Å². The van der Waals surface area contributed by atoms with E-state index < -0.39 is 38.8 Å². The SMILES string of the molecule is CC[C@H]1O[C@@H](n2cc(C)c(NC(=O)c3ccccc3)nc2=O)C(OCCOC)[C@H]1OP(OCCC#N)N(C(C)C)C(C)C. The van der Waals surface area contributed by atoms with Crippen molar-refractivity contribution in [1.82, 2.24) is 14.2 Å². The first-order chi connectivity index (χ1) is 20.6. The van der Waals surface area contributed by atoms with Crippen molar-refractivity contribution in [2.24, 2.45) is 0 Å². The van der Waals surface area contributed by atoms with Gasteiger partial charge in [-0.3, -0.25) is 9.36 Å². The molecule has 1 aliphatic rings. The molecule has 0 aliphatic carbocycles. The van der Waals surface area contributed by atoms with Gasteiger partial charge in [-0.1, -0.05) is 25.1 Å². The Morgan fingerprint density at radius 2 is 1.86 bits per heavy atom. The summed E-state index contributed by atoms with van der Waals surface area (Å²) >= 11 is 0. The van der Waals surface area contributed by atoms with Gasteiger partial charge in [-0.25, -0.2) is 9.46 Å². The second kappa shape index (κ2) is 16.9.